The SMILES string of the molecule is COCCCCCNc1cccc(C(F)(F)F)n1. The highest BCUT2D eigenvalue weighted by molar-refractivity contribution is 5.35. The van der Waals surface area contributed by atoms with E-state index in [-0.39, 0.29) is 5.82 Å². The molecule has 0 atom stereocenters. The lowest BCUT2D eigenvalue weighted by Crippen LogP contribution is -2.10. The number of hydrogen-bond acceptors (Lipinski definition) is 3. The lowest BCUT2D eigenvalue weighted by Gasteiger charge is -2.09. The minimum atomic E-state index is -4.39. The Morgan fingerprint density at radius 3 is 2.67 bits per heavy atom. The summed E-state index contributed by atoms with van der Waals surface area (Å²) in [4.78, 5) is 3.52. The number of nitrogens with zero attached hydrogens (tertiary/aromatic N) is 1. The summed E-state index contributed by atoms with van der Waals surface area (Å²) in [5.41, 5.74) is -0.869. The van der Waals surface area contributed by atoms with E-state index in [1.165, 1.54) is 12.1 Å². The van der Waals surface area contributed by atoms with Gasteiger partial charge in [0.25, 0.3) is 0 Å². The molecule has 1 aromatic heterocycles. The lowest BCUT2D eigenvalue weighted by molar-refractivity contribution is -0.141. The first-order valence-electron chi connectivity index (χ1n) is 5.81. The third-order valence-corrected chi connectivity index (χ3v) is 2.37. The van der Waals surface area contributed by atoms with Gasteiger partial charge in [-0.25, -0.2) is 4.98 Å². The van der Waals surface area contributed by atoms with Crippen molar-refractivity contribution in [1.82, 2.24) is 4.98 Å². The van der Waals surface area contributed by atoms with Crippen LogP contribution in [-0.2, 0) is 10.9 Å². The smallest absolute Gasteiger partial charge is 0.385 e. The fourth-order valence-electron chi connectivity index (χ4n) is 1.46. The summed E-state index contributed by atoms with van der Waals surface area (Å²) >= 11 is 0. The average molecular weight is 262 g/mol. The third-order valence-electron chi connectivity index (χ3n) is 2.37. The average Bonchev–Trinajstić information content (AvgIpc) is 2.33. The number of ether oxygens (including phenoxy) is 1. The van der Waals surface area contributed by atoms with Crippen LogP contribution in [0.1, 0.15) is 25.0 Å². The molecule has 0 spiro atoms. The van der Waals surface area contributed by atoms with Crippen molar-refractivity contribution in [3.8, 4) is 0 Å². The van der Waals surface area contributed by atoms with Gasteiger partial charge < -0.3 is 10.1 Å². The van der Waals surface area contributed by atoms with Crippen molar-refractivity contribution in [2.24, 2.45) is 0 Å². The number of alkyl halides is 3. The third kappa shape index (κ3) is 5.35. The molecule has 0 aromatic carbocycles. The van der Waals surface area contributed by atoms with Crippen LogP contribution in [0.4, 0.5) is 19.0 Å². The molecule has 6 heteroatoms. The molecule has 0 saturated carbocycles. The molecule has 18 heavy (non-hydrogen) atoms. The van der Waals surface area contributed by atoms with E-state index >= 15 is 0 Å². The Hall–Kier alpha value is -1.30. The summed E-state index contributed by atoms with van der Waals surface area (Å²) < 4.78 is 42.1. The molecule has 0 bridgehead atoms. The molecule has 0 aliphatic heterocycles. The first-order valence-corrected chi connectivity index (χ1v) is 5.81. The minimum Gasteiger partial charge on any atom is -0.385 e. The predicted molar refractivity (Wildman–Crippen MR) is 63.5 cm³/mol. The van der Waals surface area contributed by atoms with Crippen LogP contribution < -0.4 is 5.32 Å². The Morgan fingerprint density at radius 1 is 1.22 bits per heavy atom. The maximum Gasteiger partial charge on any atom is 0.433 e. The van der Waals surface area contributed by atoms with E-state index < -0.39 is 11.9 Å². The Balaban J connectivity index is 2.34. The molecule has 0 amide bonds. The van der Waals surface area contributed by atoms with Crippen molar-refractivity contribution in [3.05, 3.63) is 23.9 Å². The van der Waals surface area contributed by atoms with Crippen molar-refractivity contribution in [3.63, 3.8) is 0 Å². The maximum absolute atomic E-state index is 12.4. The Kier molecular flexibility index (Phi) is 5.91. The number of halogens is 3. The largest absolute Gasteiger partial charge is 0.433 e. The van der Waals surface area contributed by atoms with Gasteiger partial charge in [-0.15, -0.1) is 0 Å². The van der Waals surface area contributed by atoms with Gasteiger partial charge in [0.15, 0.2) is 0 Å². The number of aromatic nitrogens is 1. The summed E-state index contributed by atoms with van der Waals surface area (Å²) in [6.45, 7) is 1.32. The van der Waals surface area contributed by atoms with Crippen LogP contribution in [0.15, 0.2) is 18.2 Å². The second-order valence-electron chi connectivity index (χ2n) is 3.89. The van der Waals surface area contributed by atoms with Gasteiger partial charge in [-0.2, -0.15) is 13.2 Å². The first-order chi connectivity index (χ1) is 8.54. The summed E-state index contributed by atoms with van der Waals surface area (Å²) in [7, 11) is 1.64. The fraction of sp³-hybridized carbons (Fsp3) is 0.583. The number of methoxy groups -OCH3 is 1. The highest BCUT2D eigenvalue weighted by Crippen LogP contribution is 2.28. The molecule has 0 fully saturated rings. The van der Waals surface area contributed by atoms with Crippen LogP contribution in [0.3, 0.4) is 0 Å². The van der Waals surface area contributed by atoms with E-state index in [1.54, 1.807) is 7.11 Å². The lowest BCUT2D eigenvalue weighted by atomic mass is 10.2. The van der Waals surface area contributed by atoms with Gasteiger partial charge in [-0.3, -0.25) is 0 Å². The molecule has 1 aromatic rings. The monoisotopic (exact) mass is 262 g/mol. The quantitative estimate of drug-likeness (QED) is 0.765. The Bertz CT molecular complexity index is 355. The molecular formula is C12H17F3N2O. The number of rotatable bonds is 7. The van der Waals surface area contributed by atoms with Gasteiger partial charge in [0.05, 0.1) is 0 Å². The highest BCUT2D eigenvalue weighted by atomic mass is 19.4. The van der Waals surface area contributed by atoms with Crippen molar-refractivity contribution < 1.29 is 17.9 Å². The van der Waals surface area contributed by atoms with Crippen LogP contribution in [-0.4, -0.2) is 25.2 Å². The number of pyridine rings is 1. The van der Waals surface area contributed by atoms with Gasteiger partial charge >= 0.3 is 6.18 Å². The molecular weight excluding hydrogens is 245 g/mol. The Labute approximate surface area is 104 Å². The summed E-state index contributed by atoms with van der Waals surface area (Å²) in [6, 6.07) is 3.84. The van der Waals surface area contributed by atoms with Crippen LogP contribution in [0.25, 0.3) is 0 Å². The normalized spacial score (nSPS) is 11.6. The fourth-order valence-corrected chi connectivity index (χ4v) is 1.46. The van der Waals surface area contributed by atoms with Crippen LogP contribution in [0.5, 0.6) is 0 Å². The number of nitrogens with one attached hydrogen (secondary N) is 1. The zero-order valence-electron chi connectivity index (χ0n) is 10.3. The molecule has 0 radical (unpaired) electrons. The molecule has 1 rings (SSSR count). The van der Waals surface area contributed by atoms with E-state index in [0.717, 1.165) is 25.3 Å². The molecule has 0 saturated heterocycles. The Morgan fingerprint density at radius 2 is 2.00 bits per heavy atom. The van der Waals surface area contributed by atoms with Crippen molar-refractivity contribution in [2.45, 2.75) is 25.4 Å². The van der Waals surface area contributed by atoms with Gasteiger partial charge in [-0.1, -0.05) is 6.07 Å². The zero-order chi connectivity index (χ0) is 13.4. The molecule has 102 valence electrons. The van der Waals surface area contributed by atoms with Crippen LogP contribution in [0, 0.1) is 0 Å². The minimum absolute atomic E-state index is 0.261. The van der Waals surface area contributed by atoms with Gasteiger partial charge in [-0.05, 0) is 31.4 Å². The summed E-state index contributed by atoms with van der Waals surface area (Å²) in [5.74, 6) is 0.261. The number of hydrogen-bond donors (Lipinski definition) is 1. The standard InChI is InChI=1S/C12H17F3N2O/c1-18-9-4-2-3-8-16-11-7-5-6-10(17-11)12(13,14)15/h5-7H,2-4,8-9H2,1H3,(H,16,17). The maximum atomic E-state index is 12.4. The van der Waals surface area contributed by atoms with Crippen LogP contribution >= 0.6 is 0 Å². The van der Waals surface area contributed by atoms with E-state index in [4.69, 9.17) is 4.74 Å². The van der Waals surface area contributed by atoms with Crippen LogP contribution in [0.2, 0.25) is 0 Å². The zero-order valence-corrected chi connectivity index (χ0v) is 10.3. The van der Waals surface area contributed by atoms with Gasteiger partial charge in [0, 0.05) is 20.3 Å². The van der Waals surface area contributed by atoms with Gasteiger partial charge in [0.1, 0.15) is 11.5 Å². The second kappa shape index (κ2) is 7.20. The molecule has 0 aliphatic rings. The molecule has 1 N–H and O–H groups in total. The van der Waals surface area contributed by atoms with Crippen molar-refractivity contribution >= 4 is 5.82 Å². The van der Waals surface area contributed by atoms with E-state index in [2.05, 4.69) is 10.3 Å². The number of anilines is 1. The van der Waals surface area contributed by atoms with E-state index in [9.17, 15) is 13.2 Å². The van der Waals surface area contributed by atoms with E-state index in [0.29, 0.717) is 13.2 Å². The molecule has 0 unspecified atom stereocenters. The predicted octanol–water partition coefficient (Wildman–Crippen LogP) is 3.33. The van der Waals surface area contributed by atoms with E-state index in [1.807, 2.05) is 0 Å². The summed E-state index contributed by atoms with van der Waals surface area (Å²) in [5, 5.41) is 2.88. The summed E-state index contributed by atoms with van der Waals surface area (Å²) in [6.07, 6.45) is -1.59. The molecule has 3 nitrogen and oxygen atoms in total. The topological polar surface area (TPSA) is 34.1 Å². The molecule has 1 heterocycles. The molecule has 0 aliphatic carbocycles. The van der Waals surface area contributed by atoms with Crippen molar-refractivity contribution in [1.29, 1.82) is 0 Å². The highest BCUT2D eigenvalue weighted by Gasteiger charge is 2.32. The second-order valence-corrected chi connectivity index (χ2v) is 3.89. The van der Waals surface area contributed by atoms with Crippen molar-refractivity contribution in [2.75, 3.05) is 25.6 Å². The number of unbranched alkanes of at least 4 members (excludes halogenated alkanes) is 2. The first kappa shape index (κ1) is 14.8. The van der Waals surface area contributed by atoms with Gasteiger partial charge in [0.2, 0.25) is 0 Å².